The van der Waals surface area contributed by atoms with Crippen LogP contribution in [0.3, 0.4) is 0 Å². The molecule has 0 bridgehead atoms. The number of allylic oxidation sites excluding steroid dienone is 2. The number of rotatable bonds is 2. The van der Waals surface area contributed by atoms with Crippen LogP contribution in [0.15, 0.2) is 35.7 Å². The second-order valence-corrected chi connectivity index (χ2v) is 5.47. The van der Waals surface area contributed by atoms with E-state index in [9.17, 15) is 10.1 Å². The third-order valence-corrected chi connectivity index (χ3v) is 4.03. The summed E-state index contributed by atoms with van der Waals surface area (Å²) in [5.74, 6) is -0.197. The van der Waals surface area contributed by atoms with E-state index in [1.165, 1.54) is 7.11 Å². The Balaban J connectivity index is 2.55. The number of carbonyl (C=O) groups is 1. The van der Waals surface area contributed by atoms with Gasteiger partial charge in [0, 0.05) is 11.7 Å². The van der Waals surface area contributed by atoms with Crippen molar-refractivity contribution in [3.63, 3.8) is 0 Å². The number of aryl methyl sites for hydroxylation is 1. The van der Waals surface area contributed by atoms with Gasteiger partial charge in [0.05, 0.1) is 25.0 Å². The van der Waals surface area contributed by atoms with Crippen LogP contribution in [0.1, 0.15) is 30.9 Å². The summed E-state index contributed by atoms with van der Waals surface area (Å²) in [6, 6.07) is 10.1. The maximum absolute atomic E-state index is 11.6. The number of carbonyl (C=O) groups excluding carboxylic acids is 1. The summed E-state index contributed by atoms with van der Waals surface area (Å²) in [6.07, 6.45) is -0.777. The number of hydrogen-bond donors (Lipinski definition) is 1. The largest absolute Gasteiger partial charge is 0.513 e. The first-order chi connectivity index (χ1) is 10.5. The van der Waals surface area contributed by atoms with Crippen molar-refractivity contribution in [2.24, 2.45) is 5.92 Å². The number of ether oxygens (including phenoxy) is 2. The highest BCUT2D eigenvalue weighted by Crippen LogP contribution is 2.40. The Bertz CT molecular complexity index is 646. The molecular weight excluding hydrogens is 280 g/mol. The van der Waals surface area contributed by atoms with Crippen LogP contribution in [0.5, 0.6) is 0 Å². The fraction of sp³-hybridized carbons (Fsp3) is 0.412. The molecule has 0 fully saturated rings. The molecule has 5 heteroatoms. The minimum Gasteiger partial charge on any atom is -0.437 e. The third-order valence-electron chi connectivity index (χ3n) is 4.03. The average Bonchev–Trinajstić information content (AvgIpc) is 2.50. The Morgan fingerprint density at radius 2 is 2.00 bits per heavy atom. The van der Waals surface area contributed by atoms with Crippen molar-refractivity contribution in [2.75, 3.05) is 7.11 Å². The van der Waals surface area contributed by atoms with E-state index in [0.717, 1.165) is 16.8 Å². The lowest BCUT2D eigenvalue weighted by Gasteiger charge is -2.36. The third kappa shape index (κ3) is 2.91. The molecule has 1 aliphatic rings. The zero-order valence-electron chi connectivity index (χ0n) is 13.2. The molecule has 0 aromatic heterocycles. The molecule has 0 spiro atoms. The summed E-state index contributed by atoms with van der Waals surface area (Å²) in [6.45, 7) is 5.78. The molecule has 0 aliphatic carbocycles. The predicted octanol–water partition coefficient (Wildman–Crippen LogP) is 3.22. The molecule has 3 unspecified atom stereocenters. The van der Waals surface area contributed by atoms with Crippen LogP contribution < -0.4 is 5.32 Å². The molecule has 1 heterocycles. The lowest BCUT2D eigenvalue weighted by Crippen LogP contribution is -2.42. The molecule has 1 aliphatic heterocycles. The van der Waals surface area contributed by atoms with E-state index >= 15 is 0 Å². The number of nitriles is 1. The maximum Gasteiger partial charge on any atom is 0.513 e. The Kier molecular flexibility index (Phi) is 4.71. The normalized spacial score (nSPS) is 24.2. The molecule has 0 saturated carbocycles. The van der Waals surface area contributed by atoms with E-state index < -0.39 is 6.16 Å². The quantitative estimate of drug-likeness (QED) is 0.849. The monoisotopic (exact) mass is 300 g/mol. The van der Waals surface area contributed by atoms with Crippen LogP contribution in [0.4, 0.5) is 4.79 Å². The van der Waals surface area contributed by atoms with Crippen molar-refractivity contribution in [1.29, 1.82) is 5.26 Å². The second kappa shape index (κ2) is 6.52. The van der Waals surface area contributed by atoms with E-state index in [1.807, 2.05) is 45.0 Å². The highest BCUT2D eigenvalue weighted by atomic mass is 16.7. The smallest absolute Gasteiger partial charge is 0.437 e. The van der Waals surface area contributed by atoms with Gasteiger partial charge in [-0.05, 0) is 31.9 Å². The second-order valence-electron chi connectivity index (χ2n) is 5.47. The standard InChI is InChI=1S/C17H20N2O3/c1-10-7-5-6-8-13(10)15-14(9-18)11(2)19-12(3)16(15)22-17(20)21-4/h5-8,11,14-15,19H,1-4H3. The summed E-state index contributed by atoms with van der Waals surface area (Å²) in [5, 5.41) is 12.8. The average molecular weight is 300 g/mol. The first-order valence-corrected chi connectivity index (χ1v) is 7.17. The summed E-state index contributed by atoms with van der Waals surface area (Å²) in [5.41, 5.74) is 2.79. The topological polar surface area (TPSA) is 71.3 Å². The van der Waals surface area contributed by atoms with Crippen LogP contribution in [-0.4, -0.2) is 19.3 Å². The highest BCUT2D eigenvalue weighted by Gasteiger charge is 2.39. The van der Waals surface area contributed by atoms with Crippen molar-refractivity contribution >= 4 is 6.16 Å². The van der Waals surface area contributed by atoms with Crippen LogP contribution in [0, 0.1) is 24.2 Å². The van der Waals surface area contributed by atoms with Crippen LogP contribution in [0.2, 0.25) is 0 Å². The summed E-state index contributed by atoms with van der Waals surface area (Å²) >= 11 is 0. The van der Waals surface area contributed by atoms with Gasteiger partial charge < -0.3 is 14.8 Å². The number of nitrogens with zero attached hydrogens (tertiary/aromatic N) is 1. The molecule has 1 N–H and O–H groups in total. The Morgan fingerprint density at radius 1 is 1.32 bits per heavy atom. The molecule has 5 nitrogen and oxygen atoms in total. The highest BCUT2D eigenvalue weighted by molar-refractivity contribution is 5.62. The van der Waals surface area contributed by atoms with Crippen molar-refractivity contribution in [3.05, 3.63) is 46.8 Å². The molecule has 2 rings (SSSR count). The molecule has 3 atom stereocenters. The van der Waals surface area contributed by atoms with Gasteiger partial charge in [0.1, 0.15) is 5.76 Å². The van der Waals surface area contributed by atoms with Gasteiger partial charge >= 0.3 is 6.16 Å². The number of hydrogen-bond acceptors (Lipinski definition) is 5. The van der Waals surface area contributed by atoms with E-state index in [4.69, 9.17) is 4.74 Å². The van der Waals surface area contributed by atoms with Gasteiger partial charge in [-0.1, -0.05) is 24.3 Å². The van der Waals surface area contributed by atoms with Gasteiger partial charge in [-0.15, -0.1) is 0 Å². The van der Waals surface area contributed by atoms with Gasteiger partial charge in [0.2, 0.25) is 0 Å². The SMILES string of the molecule is COC(=O)OC1=C(C)NC(C)C(C#N)C1c1ccccc1C. The minimum atomic E-state index is -0.777. The van der Waals surface area contributed by atoms with Gasteiger partial charge in [0.25, 0.3) is 0 Å². The molecule has 0 saturated heterocycles. The Morgan fingerprint density at radius 3 is 2.59 bits per heavy atom. The number of nitrogens with one attached hydrogen (secondary N) is 1. The summed E-state index contributed by atoms with van der Waals surface area (Å²) in [4.78, 5) is 11.6. The first-order valence-electron chi connectivity index (χ1n) is 7.17. The van der Waals surface area contributed by atoms with Crippen molar-refractivity contribution in [1.82, 2.24) is 5.32 Å². The molecule has 1 aromatic carbocycles. The molecule has 116 valence electrons. The molecule has 0 radical (unpaired) electrons. The van der Waals surface area contributed by atoms with E-state index in [2.05, 4.69) is 16.1 Å². The van der Waals surface area contributed by atoms with Crippen molar-refractivity contribution < 1.29 is 14.3 Å². The van der Waals surface area contributed by atoms with E-state index in [0.29, 0.717) is 5.76 Å². The van der Waals surface area contributed by atoms with Crippen molar-refractivity contribution in [2.45, 2.75) is 32.7 Å². The van der Waals surface area contributed by atoms with Crippen LogP contribution in [0.25, 0.3) is 0 Å². The maximum atomic E-state index is 11.6. The Hall–Kier alpha value is -2.48. The Labute approximate surface area is 130 Å². The lowest BCUT2D eigenvalue weighted by molar-refractivity contribution is 0.0858. The minimum absolute atomic E-state index is 0.0420. The van der Waals surface area contributed by atoms with Gasteiger partial charge in [0.15, 0.2) is 0 Å². The summed E-state index contributed by atoms with van der Waals surface area (Å²) in [7, 11) is 1.27. The zero-order chi connectivity index (χ0) is 16.3. The lowest BCUT2D eigenvalue weighted by atomic mass is 9.77. The van der Waals surface area contributed by atoms with Gasteiger partial charge in [-0.3, -0.25) is 0 Å². The fourth-order valence-electron chi connectivity index (χ4n) is 2.92. The van der Waals surface area contributed by atoms with Crippen molar-refractivity contribution in [3.8, 4) is 6.07 Å². The molecular formula is C17H20N2O3. The predicted molar refractivity (Wildman–Crippen MR) is 81.8 cm³/mol. The van der Waals surface area contributed by atoms with E-state index in [-0.39, 0.29) is 17.9 Å². The van der Waals surface area contributed by atoms with Crippen LogP contribution in [-0.2, 0) is 9.47 Å². The fourth-order valence-corrected chi connectivity index (χ4v) is 2.92. The zero-order valence-corrected chi connectivity index (χ0v) is 13.2. The summed E-state index contributed by atoms with van der Waals surface area (Å²) < 4.78 is 9.97. The first kappa shape index (κ1) is 15.9. The molecule has 0 amide bonds. The van der Waals surface area contributed by atoms with E-state index in [1.54, 1.807) is 0 Å². The molecule has 1 aromatic rings. The molecule has 22 heavy (non-hydrogen) atoms. The van der Waals surface area contributed by atoms with Gasteiger partial charge in [-0.2, -0.15) is 5.26 Å². The number of methoxy groups -OCH3 is 1. The van der Waals surface area contributed by atoms with Gasteiger partial charge in [-0.25, -0.2) is 4.79 Å². The number of benzene rings is 1. The van der Waals surface area contributed by atoms with Crippen LogP contribution >= 0.6 is 0 Å².